The van der Waals surface area contributed by atoms with E-state index in [9.17, 15) is 9.59 Å². The lowest BCUT2D eigenvalue weighted by Crippen LogP contribution is -2.56. The van der Waals surface area contributed by atoms with E-state index in [1.54, 1.807) is 0 Å². The highest BCUT2D eigenvalue weighted by atomic mass is 16.5. The quantitative estimate of drug-likeness (QED) is 0.728. The Kier molecular flexibility index (Phi) is 2.88. The zero-order valence-corrected chi connectivity index (χ0v) is 9.36. The van der Waals surface area contributed by atoms with Gasteiger partial charge in [0.05, 0.1) is 6.61 Å². The van der Waals surface area contributed by atoms with E-state index in [0.29, 0.717) is 18.9 Å². The van der Waals surface area contributed by atoms with Gasteiger partial charge in [0.1, 0.15) is 0 Å². The van der Waals surface area contributed by atoms with Gasteiger partial charge in [0.2, 0.25) is 5.91 Å². The van der Waals surface area contributed by atoms with Gasteiger partial charge in [-0.05, 0) is 18.8 Å². The largest absolute Gasteiger partial charge is 0.479 e. The van der Waals surface area contributed by atoms with E-state index in [0.717, 1.165) is 12.8 Å². The Hall–Kier alpha value is -1.10. The summed E-state index contributed by atoms with van der Waals surface area (Å²) in [5.41, 5.74) is -1.19. The number of carboxylic acids is 1. The van der Waals surface area contributed by atoms with Gasteiger partial charge in [0.15, 0.2) is 5.54 Å². The Labute approximate surface area is 94.2 Å². The summed E-state index contributed by atoms with van der Waals surface area (Å²) in [6.45, 7) is 2.33. The maximum Gasteiger partial charge on any atom is 0.331 e. The van der Waals surface area contributed by atoms with Gasteiger partial charge in [-0.15, -0.1) is 0 Å². The minimum absolute atomic E-state index is 0.0749. The lowest BCUT2D eigenvalue weighted by molar-refractivity contribution is -0.148. The van der Waals surface area contributed by atoms with Crippen LogP contribution in [0.2, 0.25) is 0 Å². The molecule has 0 radical (unpaired) electrons. The van der Waals surface area contributed by atoms with Crippen molar-refractivity contribution >= 4 is 11.9 Å². The van der Waals surface area contributed by atoms with Crippen molar-refractivity contribution in [2.75, 3.05) is 13.2 Å². The number of nitrogens with one attached hydrogen (secondary N) is 1. The third kappa shape index (κ3) is 2.04. The van der Waals surface area contributed by atoms with Crippen LogP contribution in [0.3, 0.4) is 0 Å². The Bertz CT molecular complexity index is 305. The molecular weight excluding hydrogens is 210 g/mol. The first-order chi connectivity index (χ1) is 7.55. The van der Waals surface area contributed by atoms with Crippen molar-refractivity contribution < 1.29 is 19.4 Å². The van der Waals surface area contributed by atoms with Gasteiger partial charge in [-0.3, -0.25) is 4.79 Å². The highest BCUT2D eigenvalue weighted by molar-refractivity contribution is 5.88. The summed E-state index contributed by atoms with van der Waals surface area (Å²) >= 11 is 0. The Morgan fingerprint density at radius 3 is 2.62 bits per heavy atom. The molecule has 2 atom stereocenters. The second kappa shape index (κ2) is 4.05. The molecule has 2 unspecified atom stereocenters. The van der Waals surface area contributed by atoms with Crippen molar-refractivity contribution in [3.63, 3.8) is 0 Å². The van der Waals surface area contributed by atoms with Crippen LogP contribution in [0.4, 0.5) is 0 Å². The molecule has 1 aliphatic carbocycles. The first kappa shape index (κ1) is 11.4. The van der Waals surface area contributed by atoms with Crippen LogP contribution in [0.1, 0.15) is 26.2 Å². The number of carboxylic acid groups (broad SMARTS) is 1. The summed E-state index contributed by atoms with van der Waals surface area (Å²) in [6, 6.07) is 0. The predicted molar refractivity (Wildman–Crippen MR) is 55.8 cm³/mol. The van der Waals surface area contributed by atoms with Crippen LogP contribution in [0.25, 0.3) is 0 Å². The second-order valence-electron chi connectivity index (χ2n) is 4.81. The average Bonchev–Trinajstić information content (AvgIpc) is 2.98. The topological polar surface area (TPSA) is 75.6 Å². The molecule has 0 aromatic rings. The Balaban J connectivity index is 2.00. The minimum atomic E-state index is -1.19. The molecule has 16 heavy (non-hydrogen) atoms. The van der Waals surface area contributed by atoms with E-state index in [4.69, 9.17) is 9.84 Å². The third-order valence-corrected chi connectivity index (χ3v) is 3.54. The van der Waals surface area contributed by atoms with Crippen LogP contribution in [-0.2, 0) is 14.3 Å². The van der Waals surface area contributed by atoms with E-state index in [-0.39, 0.29) is 18.4 Å². The molecule has 0 aromatic heterocycles. The number of aliphatic carboxylic acids is 1. The van der Waals surface area contributed by atoms with Gasteiger partial charge in [-0.2, -0.15) is 0 Å². The average molecular weight is 227 g/mol. The zero-order chi connectivity index (χ0) is 11.8. The highest BCUT2D eigenvalue weighted by Crippen LogP contribution is 2.37. The van der Waals surface area contributed by atoms with Crippen LogP contribution >= 0.6 is 0 Å². The van der Waals surface area contributed by atoms with E-state index < -0.39 is 11.5 Å². The predicted octanol–water partition coefficient (Wildman–Crippen LogP) is 0.392. The number of amides is 1. The Morgan fingerprint density at radius 1 is 1.50 bits per heavy atom. The number of rotatable bonds is 4. The van der Waals surface area contributed by atoms with E-state index in [1.165, 1.54) is 0 Å². The molecule has 0 spiro atoms. The molecular formula is C11H17NO4. The molecule has 0 bridgehead atoms. The van der Waals surface area contributed by atoms with Gasteiger partial charge in [-0.25, -0.2) is 4.79 Å². The van der Waals surface area contributed by atoms with Crippen LogP contribution in [0, 0.1) is 11.8 Å². The van der Waals surface area contributed by atoms with E-state index in [2.05, 4.69) is 5.32 Å². The van der Waals surface area contributed by atoms with Crippen molar-refractivity contribution in [3.05, 3.63) is 0 Å². The molecule has 2 N–H and O–H groups in total. The van der Waals surface area contributed by atoms with E-state index in [1.807, 2.05) is 6.92 Å². The van der Waals surface area contributed by atoms with Crippen molar-refractivity contribution in [2.45, 2.75) is 31.7 Å². The molecule has 2 fully saturated rings. The standard InChI is InChI=1S/C11H17NO4/c1-7(8-2-3-8)9(13)12-11(10(14)15)4-5-16-6-11/h7-8H,2-6H2,1H3,(H,12,13)(H,14,15). The highest BCUT2D eigenvalue weighted by Gasteiger charge is 2.45. The van der Waals surface area contributed by atoms with Gasteiger partial charge in [0.25, 0.3) is 0 Å². The molecule has 1 aliphatic heterocycles. The van der Waals surface area contributed by atoms with Gasteiger partial charge in [-0.1, -0.05) is 6.92 Å². The number of hydrogen-bond acceptors (Lipinski definition) is 3. The summed E-state index contributed by atoms with van der Waals surface area (Å²) < 4.78 is 5.08. The first-order valence-corrected chi connectivity index (χ1v) is 5.68. The maximum absolute atomic E-state index is 11.9. The molecule has 1 heterocycles. The van der Waals surface area contributed by atoms with Crippen LogP contribution in [0.5, 0.6) is 0 Å². The summed E-state index contributed by atoms with van der Waals surface area (Å²) in [5, 5.41) is 11.8. The number of carbonyl (C=O) groups excluding carboxylic acids is 1. The van der Waals surface area contributed by atoms with Crippen molar-refractivity contribution in [1.29, 1.82) is 0 Å². The van der Waals surface area contributed by atoms with Gasteiger partial charge < -0.3 is 15.2 Å². The summed E-state index contributed by atoms with van der Waals surface area (Å²) in [5.74, 6) is -0.804. The van der Waals surface area contributed by atoms with Crippen molar-refractivity contribution in [3.8, 4) is 0 Å². The first-order valence-electron chi connectivity index (χ1n) is 5.68. The lowest BCUT2D eigenvalue weighted by atomic mass is 9.96. The molecule has 1 amide bonds. The number of ether oxygens (including phenoxy) is 1. The van der Waals surface area contributed by atoms with Crippen LogP contribution in [-0.4, -0.2) is 35.7 Å². The number of hydrogen-bond donors (Lipinski definition) is 2. The van der Waals surface area contributed by atoms with Gasteiger partial charge in [0, 0.05) is 18.9 Å². The fraction of sp³-hybridized carbons (Fsp3) is 0.818. The second-order valence-corrected chi connectivity index (χ2v) is 4.81. The minimum Gasteiger partial charge on any atom is -0.479 e. The monoisotopic (exact) mass is 227 g/mol. The van der Waals surface area contributed by atoms with Crippen LogP contribution in [0.15, 0.2) is 0 Å². The third-order valence-electron chi connectivity index (χ3n) is 3.54. The van der Waals surface area contributed by atoms with Crippen LogP contribution < -0.4 is 5.32 Å². The van der Waals surface area contributed by atoms with Gasteiger partial charge >= 0.3 is 5.97 Å². The normalized spacial score (nSPS) is 31.1. The van der Waals surface area contributed by atoms with E-state index >= 15 is 0 Å². The summed E-state index contributed by atoms with van der Waals surface area (Å²) in [6.07, 6.45) is 2.50. The summed E-state index contributed by atoms with van der Waals surface area (Å²) in [4.78, 5) is 23.0. The van der Waals surface area contributed by atoms with Crippen molar-refractivity contribution in [2.24, 2.45) is 11.8 Å². The molecule has 2 aliphatic rings. The lowest BCUT2D eigenvalue weighted by Gasteiger charge is -2.25. The molecule has 0 aromatic carbocycles. The summed E-state index contributed by atoms with van der Waals surface area (Å²) in [7, 11) is 0. The fourth-order valence-corrected chi connectivity index (χ4v) is 2.05. The maximum atomic E-state index is 11.9. The molecule has 1 saturated carbocycles. The SMILES string of the molecule is CC(C(=O)NC1(C(=O)O)CCOC1)C1CC1. The molecule has 2 rings (SSSR count). The molecule has 1 saturated heterocycles. The zero-order valence-electron chi connectivity index (χ0n) is 9.36. The Morgan fingerprint density at radius 2 is 2.19 bits per heavy atom. The fourth-order valence-electron chi connectivity index (χ4n) is 2.05. The van der Waals surface area contributed by atoms with Crippen molar-refractivity contribution in [1.82, 2.24) is 5.32 Å². The smallest absolute Gasteiger partial charge is 0.331 e. The molecule has 90 valence electrons. The molecule has 5 heteroatoms. The number of carbonyl (C=O) groups is 2. The molecule has 5 nitrogen and oxygen atoms in total.